The minimum absolute atomic E-state index is 0.0836. The molecule has 0 spiro atoms. The van der Waals surface area contributed by atoms with Crippen LogP contribution in [-0.2, 0) is 19.1 Å². The fourth-order valence-corrected chi connectivity index (χ4v) is 6.29. The average molecular weight is 843 g/mol. The van der Waals surface area contributed by atoms with Gasteiger partial charge in [0.2, 0.25) is 0 Å². The molecule has 1 N–H and O–H groups in total. The Labute approximate surface area is 375 Å². The smallest absolute Gasteiger partial charge is 0.306 e. The van der Waals surface area contributed by atoms with Gasteiger partial charge in [0.25, 0.3) is 0 Å². The molecular weight excluding hydrogens is 753 g/mol. The van der Waals surface area contributed by atoms with Gasteiger partial charge in [0.05, 0.1) is 6.61 Å². The predicted octanol–water partition coefficient (Wildman–Crippen LogP) is 16.3. The Morgan fingerprint density at radius 2 is 0.705 bits per heavy atom. The van der Waals surface area contributed by atoms with Crippen molar-refractivity contribution < 1.29 is 24.2 Å². The van der Waals surface area contributed by atoms with Crippen LogP contribution in [-0.4, -0.2) is 36.4 Å². The number of ether oxygens (including phenoxy) is 2. The number of allylic oxidation sites excluding steroid dienone is 20. The van der Waals surface area contributed by atoms with E-state index in [0.29, 0.717) is 12.8 Å². The largest absolute Gasteiger partial charge is 0.462 e. The van der Waals surface area contributed by atoms with Gasteiger partial charge in [-0.25, -0.2) is 0 Å². The molecule has 0 rings (SSSR count). The lowest BCUT2D eigenvalue weighted by Gasteiger charge is -2.15. The molecule has 0 aromatic rings. The molecule has 5 heteroatoms. The first-order chi connectivity index (χ1) is 30.1. The van der Waals surface area contributed by atoms with Crippen LogP contribution in [0.25, 0.3) is 0 Å². The van der Waals surface area contributed by atoms with Gasteiger partial charge in [0.1, 0.15) is 6.61 Å². The van der Waals surface area contributed by atoms with E-state index in [1.807, 2.05) is 0 Å². The molecular formula is C56H90O5. The van der Waals surface area contributed by atoms with Gasteiger partial charge in [-0.3, -0.25) is 9.59 Å². The number of hydrogen-bond donors (Lipinski definition) is 1. The average Bonchev–Trinajstić information content (AvgIpc) is 3.26. The summed E-state index contributed by atoms with van der Waals surface area (Å²) in [5.74, 6) is -0.626. The quantitative estimate of drug-likeness (QED) is 0.0376. The highest BCUT2D eigenvalue weighted by Crippen LogP contribution is 2.13. The Bertz CT molecular complexity index is 1270. The zero-order chi connectivity index (χ0) is 44.2. The molecule has 0 amide bonds. The molecule has 0 radical (unpaired) electrons. The Balaban J connectivity index is 3.62. The van der Waals surface area contributed by atoms with E-state index in [9.17, 15) is 14.7 Å². The van der Waals surface area contributed by atoms with Crippen molar-refractivity contribution >= 4 is 11.9 Å². The summed E-state index contributed by atoms with van der Waals surface area (Å²) in [6.07, 6.45) is 74.2. The molecule has 0 saturated carbocycles. The van der Waals surface area contributed by atoms with Crippen LogP contribution in [0, 0.1) is 0 Å². The summed E-state index contributed by atoms with van der Waals surface area (Å²) < 4.78 is 10.6. The van der Waals surface area contributed by atoms with Gasteiger partial charge >= 0.3 is 11.9 Å². The van der Waals surface area contributed by atoms with Gasteiger partial charge in [-0.2, -0.15) is 0 Å². The van der Waals surface area contributed by atoms with Crippen molar-refractivity contribution in [1.82, 2.24) is 0 Å². The van der Waals surface area contributed by atoms with Crippen molar-refractivity contribution in [3.05, 3.63) is 122 Å². The fraction of sp³-hybridized carbons (Fsp3) is 0.607. The van der Waals surface area contributed by atoms with E-state index in [1.165, 1.54) is 64.2 Å². The third-order valence-corrected chi connectivity index (χ3v) is 9.99. The Hall–Kier alpha value is -3.70. The van der Waals surface area contributed by atoms with Gasteiger partial charge in [-0.05, 0) is 103 Å². The van der Waals surface area contributed by atoms with Crippen LogP contribution in [0.4, 0.5) is 0 Å². The maximum atomic E-state index is 12.2. The lowest BCUT2D eigenvalue weighted by molar-refractivity contribution is -0.161. The van der Waals surface area contributed by atoms with Crippen LogP contribution in [0.5, 0.6) is 0 Å². The number of unbranched alkanes of at least 4 members (excludes halogenated alkanes) is 15. The first kappa shape index (κ1) is 57.3. The van der Waals surface area contributed by atoms with Gasteiger partial charge in [-0.1, -0.05) is 206 Å². The molecule has 1 unspecified atom stereocenters. The zero-order valence-electron chi connectivity index (χ0n) is 39.1. The van der Waals surface area contributed by atoms with E-state index in [1.54, 1.807) is 0 Å². The molecule has 5 nitrogen and oxygen atoms in total. The van der Waals surface area contributed by atoms with Crippen LogP contribution in [0.1, 0.15) is 200 Å². The highest BCUT2D eigenvalue weighted by atomic mass is 16.6. The van der Waals surface area contributed by atoms with E-state index in [-0.39, 0.29) is 25.2 Å². The molecule has 0 aromatic heterocycles. The second-order valence-electron chi connectivity index (χ2n) is 15.8. The monoisotopic (exact) mass is 843 g/mol. The number of aliphatic hydroxyl groups is 1. The second kappa shape index (κ2) is 50.7. The minimum Gasteiger partial charge on any atom is -0.462 e. The SMILES string of the molecule is CC/C=C\C/C=C\C/C=C\C/C=C\C/C=C\C/C=C\C/C=C\C/C=C\CCCCCCCCCCC(=O)OC(CO)COC(=O)CCCCCCC/C=C\C/C=C\CCCC. The molecule has 0 heterocycles. The van der Waals surface area contributed by atoms with Crippen LogP contribution < -0.4 is 0 Å². The van der Waals surface area contributed by atoms with E-state index >= 15 is 0 Å². The third kappa shape index (κ3) is 48.8. The summed E-state index contributed by atoms with van der Waals surface area (Å²) >= 11 is 0. The topological polar surface area (TPSA) is 72.8 Å². The molecule has 0 fully saturated rings. The Kier molecular flexibility index (Phi) is 47.6. The predicted molar refractivity (Wildman–Crippen MR) is 265 cm³/mol. The van der Waals surface area contributed by atoms with Gasteiger partial charge < -0.3 is 14.6 Å². The highest BCUT2D eigenvalue weighted by molar-refractivity contribution is 5.70. The number of hydrogen-bond acceptors (Lipinski definition) is 5. The molecule has 0 bridgehead atoms. The van der Waals surface area contributed by atoms with Gasteiger partial charge in [0, 0.05) is 12.8 Å². The molecule has 0 aliphatic carbocycles. The second-order valence-corrected chi connectivity index (χ2v) is 15.8. The summed E-state index contributed by atoms with van der Waals surface area (Å²) in [4.78, 5) is 24.4. The summed E-state index contributed by atoms with van der Waals surface area (Å²) in [6, 6.07) is 0. The Morgan fingerprint density at radius 3 is 1.07 bits per heavy atom. The molecule has 0 aromatic carbocycles. The van der Waals surface area contributed by atoms with E-state index < -0.39 is 6.10 Å². The van der Waals surface area contributed by atoms with Gasteiger partial charge in [-0.15, -0.1) is 0 Å². The fourth-order valence-electron chi connectivity index (χ4n) is 6.29. The summed E-state index contributed by atoms with van der Waals surface area (Å²) in [5.41, 5.74) is 0. The molecule has 344 valence electrons. The maximum absolute atomic E-state index is 12.2. The maximum Gasteiger partial charge on any atom is 0.306 e. The van der Waals surface area contributed by atoms with Gasteiger partial charge in [0.15, 0.2) is 6.10 Å². The molecule has 0 aliphatic rings. The molecule has 0 saturated heterocycles. The number of carbonyl (C=O) groups excluding carboxylic acids is 2. The number of carbonyl (C=O) groups is 2. The number of esters is 2. The number of aliphatic hydroxyl groups excluding tert-OH is 1. The van der Waals surface area contributed by atoms with Crippen molar-refractivity contribution in [2.24, 2.45) is 0 Å². The lowest BCUT2D eigenvalue weighted by Crippen LogP contribution is -2.28. The minimum atomic E-state index is -0.790. The van der Waals surface area contributed by atoms with Crippen LogP contribution in [0.15, 0.2) is 122 Å². The van der Waals surface area contributed by atoms with E-state index in [0.717, 1.165) is 109 Å². The molecule has 61 heavy (non-hydrogen) atoms. The standard InChI is InChI=1S/C56H90O5/c1-3-5-7-9-11-13-15-17-19-20-21-22-23-24-25-26-27-28-29-30-31-32-33-34-35-36-37-39-41-43-45-47-49-51-56(59)61-54(52-57)53-60-55(58)50-48-46-44-42-40-38-18-16-14-12-10-8-6-4-2/h5,7,10-13,16-19,21-22,24-25,27-28,30-31,33-34,54,57H,3-4,6,8-9,14-15,20,23,26,29,32,35-53H2,1-2H3/b7-5-,12-10-,13-11-,18-16-,19-17-,22-21-,25-24-,28-27-,31-30-,34-33-. The van der Waals surface area contributed by atoms with Crippen molar-refractivity contribution in [3.63, 3.8) is 0 Å². The normalized spacial score (nSPS) is 13.3. The first-order valence-electron chi connectivity index (χ1n) is 24.6. The van der Waals surface area contributed by atoms with Crippen molar-refractivity contribution in [3.8, 4) is 0 Å². The molecule has 0 aliphatic heterocycles. The zero-order valence-corrected chi connectivity index (χ0v) is 39.1. The van der Waals surface area contributed by atoms with Crippen molar-refractivity contribution in [2.75, 3.05) is 13.2 Å². The summed E-state index contributed by atoms with van der Waals surface area (Å²) in [6.45, 7) is 3.95. The summed E-state index contributed by atoms with van der Waals surface area (Å²) in [5, 5.41) is 9.60. The lowest BCUT2D eigenvalue weighted by atomic mass is 10.1. The van der Waals surface area contributed by atoms with Crippen molar-refractivity contribution in [1.29, 1.82) is 0 Å². The number of rotatable bonds is 43. The first-order valence-corrected chi connectivity index (χ1v) is 24.6. The highest BCUT2D eigenvalue weighted by Gasteiger charge is 2.16. The summed E-state index contributed by atoms with van der Waals surface area (Å²) in [7, 11) is 0. The molecule has 1 atom stereocenters. The third-order valence-electron chi connectivity index (χ3n) is 9.99. The Morgan fingerprint density at radius 1 is 0.393 bits per heavy atom. The van der Waals surface area contributed by atoms with E-state index in [2.05, 4.69) is 135 Å². The van der Waals surface area contributed by atoms with Crippen molar-refractivity contribution in [2.45, 2.75) is 206 Å². The van der Waals surface area contributed by atoms with Crippen LogP contribution >= 0.6 is 0 Å². The van der Waals surface area contributed by atoms with Crippen LogP contribution in [0.2, 0.25) is 0 Å². The van der Waals surface area contributed by atoms with E-state index in [4.69, 9.17) is 9.47 Å². The van der Waals surface area contributed by atoms with Crippen LogP contribution in [0.3, 0.4) is 0 Å².